The second-order valence-corrected chi connectivity index (χ2v) is 5.80. The molecule has 1 aliphatic heterocycles. The number of hydrogen-bond donors (Lipinski definition) is 3. The number of furan rings is 1. The van der Waals surface area contributed by atoms with Gasteiger partial charge in [-0.25, -0.2) is 4.79 Å². The van der Waals surface area contributed by atoms with Crippen LogP contribution in [0.1, 0.15) is 11.3 Å². The number of nitrogens with zero attached hydrogens (tertiary/aromatic N) is 1. The van der Waals surface area contributed by atoms with Gasteiger partial charge < -0.3 is 15.1 Å². The molecular formula is C14H10ClF3N4O5. The van der Waals surface area contributed by atoms with Crippen LogP contribution in [0.15, 0.2) is 32.4 Å². The molecule has 9 nitrogen and oxygen atoms in total. The molecule has 3 heterocycles. The number of carbonyl (C=O) groups excluding carboxylic acids is 2. The van der Waals surface area contributed by atoms with Crippen molar-refractivity contribution >= 4 is 29.2 Å². The number of halogens is 4. The third-order valence-corrected chi connectivity index (χ3v) is 4.16. The lowest BCUT2D eigenvalue weighted by Crippen LogP contribution is -2.62. The van der Waals surface area contributed by atoms with Gasteiger partial charge >= 0.3 is 11.9 Å². The molecule has 0 radical (unpaired) electrons. The summed E-state index contributed by atoms with van der Waals surface area (Å²) in [6.45, 7) is -0.372. The first-order chi connectivity index (χ1) is 12.6. The third kappa shape index (κ3) is 2.81. The average molecular weight is 407 g/mol. The summed E-state index contributed by atoms with van der Waals surface area (Å²) < 4.78 is 47.3. The Morgan fingerprint density at radius 2 is 2.04 bits per heavy atom. The van der Waals surface area contributed by atoms with Gasteiger partial charge in [-0.05, 0) is 12.1 Å². The predicted molar refractivity (Wildman–Crippen MR) is 84.4 cm³/mol. The fourth-order valence-corrected chi connectivity index (χ4v) is 2.84. The smallest absolute Gasteiger partial charge is 0.425 e. The van der Waals surface area contributed by atoms with E-state index in [4.69, 9.17) is 16.0 Å². The van der Waals surface area contributed by atoms with E-state index in [1.54, 1.807) is 4.98 Å². The summed E-state index contributed by atoms with van der Waals surface area (Å²) in [4.78, 5) is 49.9. The summed E-state index contributed by atoms with van der Waals surface area (Å²) in [6.07, 6.45) is -4.13. The Balaban J connectivity index is 2.29. The largest absolute Gasteiger partial charge is 0.467 e. The molecule has 0 unspecified atom stereocenters. The van der Waals surface area contributed by atoms with E-state index in [9.17, 15) is 32.3 Å². The van der Waals surface area contributed by atoms with E-state index in [1.165, 1.54) is 23.7 Å². The highest BCUT2D eigenvalue weighted by atomic mass is 35.5. The minimum absolute atomic E-state index is 0.176. The molecule has 3 rings (SSSR count). The molecule has 1 aliphatic rings. The van der Waals surface area contributed by atoms with Gasteiger partial charge in [-0.2, -0.15) is 13.2 Å². The van der Waals surface area contributed by atoms with Crippen LogP contribution in [0.5, 0.6) is 0 Å². The molecule has 0 saturated heterocycles. The number of carbonyl (C=O) groups is 2. The van der Waals surface area contributed by atoms with Crippen LogP contribution in [0, 0.1) is 0 Å². The van der Waals surface area contributed by atoms with Gasteiger partial charge in [-0.1, -0.05) is 0 Å². The number of anilines is 1. The number of aromatic nitrogens is 2. The number of amides is 2. The Hall–Kier alpha value is -3.02. The third-order valence-electron chi connectivity index (χ3n) is 3.91. The molecule has 0 saturated carbocycles. The highest BCUT2D eigenvalue weighted by molar-refractivity contribution is 6.27. The van der Waals surface area contributed by atoms with Gasteiger partial charge in [0.2, 0.25) is 11.4 Å². The molecule has 0 aromatic carbocycles. The van der Waals surface area contributed by atoms with Crippen molar-refractivity contribution < 1.29 is 27.2 Å². The molecule has 0 aliphatic carbocycles. The van der Waals surface area contributed by atoms with Gasteiger partial charge in [0.25, 0.3) is 11.5 Å². The van der Waals surface area contributed by atoms with Crippen molar-refractivity contribution in [2.75, 3.05) is 11.2 Å². The fraction of sp³-hybridized carbons (Fsp3) is 0.286. The predicted octanol–water partition coefficient (Wildman–Crippen LogP) is 0.243. The van der Waals surface area contributed by atoms with Crippen LogP contribution in [0.2, 0.25) is 0 Å². The highest BCUT2D eigenvalue weighted by Gasteiger charge is 2.68. The Morgan fingerprint density at radius 1 is 1.33 bits per heavy atom. The maximum atomic E-state index is 13.9. The van der Waals surface area contributed by atoms with E-state index in [0.717, 1.165) is 0 Å². The first-order valence-electron chi connectivity index (χ1n) is 7.27. The SMILES string of the molecule is O=C(CCl)N[C@]1(C(F)(F)F)C(=O)Nc2c1c(=O)[nH]c(=O)n2Cc1ccco1. The average Bonchev–Trinajstić information content (AvgIpc) is 3.18. The minimum Gasteiger partial charge on any atom is -0.467 e. The summed E-state index contributed by atoms with van der Waals surface area (Å²) in [7, 11) is 0. The van der Waals surface area contributed by atoms with Crippen LogP contribution in [-0.4, -0.2) is 33.4 Å². The van der Waals surface area contributed by atoms with Crippen molar-refractivity contribution in [1.82, 2.24) is 14.9 Å². The molecule has 27 heavy (non-hydrogen) atoms. The second kappa shape index (κ2) is 6.30. The van der Waals surface area contributed by atoms with Crippen LogP contribution in [0.4, 0.5) is 19.0 Å². The molecule has 0 fully saturated rings. The van der Waals surface area contributed by atoms with Crippen molar-refractivity contribution in [1.29, 1.82) is 0 Å². The van der Waals surface area contributed by atoms with E-state index >= 15 is 0 Å². The molecule has 3 N–H and O–H groups in total. The van der Waals surface area contributed by atoms with Crippen molar-refractivity contribution in [2.45, 2.75) is 18.3 Å². The number of fused-ring (bicyclic) bond motifs is 1. The lowest BCUT2D eigenvalue weighted by atomic mass is 9.92. The molecule has 2 aromatic rings. The van der Waals surface area contributed by atoms with Crippen LogP contribution < -0.4 is 21.9 Å². The lowest BCUT2D eigenvalue weighted by Gasteiger charge is -2.29. The maximum Gasteiger partial charge on any atom is 0.425 e. The number of H-pyrrole nitrogens is 1. The van der Waals surface area contributed by atoms with E-state index in [1.807, 2.05) is 5.32 Å². The van der Waals surface area contributed by atoms with Gasteiger partial charge in [0.05, 0.1) is 12.8 Å². The van der Waals surface area contributed by atoms with E-state index in [-0.39, 0.29) is 12.3 Å². The van der Waals surface area contributed by atoms with Gasteiger partial charge in [0, 0.05) is 0 Å². The molecule has 0 spiro atoms. The number of aromatic amines is 1. The standard InChI is InChI=1S/C14H10ClF3N4O5/c15-4-7(23)21-13(14(16,17)18)8-9(19-11(13)25)22(12(26)20-10(8)24)5-6-2-1-3-27-6/h1-3H,4-5H2,(H,19,25)(H,21,23)(H,20,24,26)/t13-/m0/s1. The van der Waals surface area contributed by atoms with Gasteiger partial charge in [0.1, 0.15) is 23.0 Å². The zero-order valence-corrected chi connectivity index (χ0v) is 13.9. The highest BCUT2D eigenvalue weighted by Crippen LogP contribution is 2.44. The molecular weight excluding hydrogens is 397 g/mol. The summed E-state index contributed by atoms with van der Waals surface area (Å²) >= 11 is 5.24. The quantitative estimate of drug-likeness (QED) is 0.627. The molecule has 144 valence electrons. The van der Waals surface area contributed by atoms with Crippen LogP contribution >= 0.6 is 11.6 Å². The van der Waals surface area contributed by atoms with Gasteiger partial charge in [0.15, 0.2) is 0 Å². The summed E-state index contributed by atoms with van der Waals surface area (Å²) in [6, 6.07) is 2.92. The number of alkyl halides is 4. The van der Waals surface area contributed by atoms with E-state index in [0.29, 0.717) is 4.57 Å². The second-order valence-electron chi connectivity index (χ2n) is 5.53. The number of hydrogen-bond acceptors (Lipinski definition) is 5. The summed E-state index contributed by atoms with van der Waals surface area (Å²) in [5.74, 6) is -4.48. The number of rotatable bonds is 4. The first kappa shape index (κ1) is 18.8. The topological polar surface area (TPSA) is 126 Å². The van der Waals surface area contributed by atoms with Crippen molar-refractivity contribution in [3.63, 3.8) is 0 Å². The normalized spacial score (nSPS) is 18.9. The van der Waals surface area contributed by atoms with Crippen molar-refractivity contribution in [3.8, 4) is 0 Å². The molecule has 13 heteroatoms. The molecule has 0 bridgehead atoms. The zero-order valence-electron chi connectivity index (χ0n) is 13.1. The minimum atomic E-state index is -5.40. The van der Waals surface area contributed by atoms with E-state index < -0.39 is 52.0 Å². The summed E-state index contributed by atoms with van der Waals surface area (Å²) in [5.41, 5.74) is -7.40. The Kier molecular flexibility index (Phi) is 4.38. The molecule has 2 aromatic heterocycles. The van der Waals surface area contributed by atoms with Crippen molar-refractivity contribution in [3.05, 3.63) is 50.6 Å². The fourth-order valence-electron chi connectivity index (χ4n) is 2.78. The van der Waals surface area contributed by atoms with Crippen LogP contribution in [-0.2, 0) is 21.7 Å². The van der Waals surface area contributed by atoms with E-state index in [2.05, 4.69) is 0 Å². The van der Waals surface area contributed by atoms with Crippen molar-refractivity contribution in [2.24, 2.45) is 0 Å². The maximum absolute atomic E-state index is 13.9. The Labute approximate surface area is 152 Å². The van der Waals surface area contributed by atoms with Crippen LogP contribution in [0.3, 0.4) is 0 Å². The van der Waals surface area contributed by atoms with Gasteiger partial charge in [-0.15, -0.1) is 11.6 Å². The van der Waals surface area contributed by atoms with Crippen LogP contribution in [0.25, 0.3) is 0 Å². The molecule has 2 amide bonds. The number of nitrogens with one attached hydrogen (secondary N) is 3. The lowest BCUT2D eigenvalue weighted by molar-refractivity contribution is -0.200. The summed E-state index contributed by atoms with van der Waals surface area (Å²) in [5, 5.41) is 3.34. The monoisotopic (exact) mass is 406 g/mol. The van der Waals surface area contributed by atoms with Gasteiger partial charge in [-0.3, -0.25) is 23.9 Å². The first-order valence-corrected chi connectivity index (χ1v) is 7.80. The Morgan fingerprint density at radius 3 is 2.59 bits per heavy atom. The zero-order chi connectivity index (χ0) is 20.0. The Bertz CT molecular complexity index is 1030. The molecule has 1 atom stereocenters.